The Balaban J connectivity index is 3.59. The molecule has 66 valence electrons. The Morgan fingerprint density at radius 3 is 2.27 bits per heavy atom. The lowest BCUT2D eigenvalue weighted by Gasteiger charge is -2.19. The van der Waals surface area contributed by atoms with Crippen molar-refractivity contribution in [3.05, 3.63) is 12.7 Å². The summed E-state index contributed by atoms with van der Waals surface area (Å²) in [5, 5.41) is 17.0. The van der Waals surface area contributed by atoms with Crippen LogP contribution in [0.15, 0.2) is 12.7 Å². The summed E-state index contributed by atoms with van der Waals surface area (Å²) in [7, 11) is 0. The van der Waals surface area contributed by atoms with Gasteiger partial charge in [0.2, 0.25) is 0 Å². The second kappa shape index (κ2) is 5.27. The monoisotopic (exact) mass is 162 g/mol. The quantitative estimate of drug-likeness (QED) is 0.452. The van der Waals surface area contributed by atoms with Crippen LogP contribution in [0.5, 0.6) is 0 Å². The molecule has 0 spiro atoms. The molecule has 0 aliphatic carbocycles. The molecule has 0 unspecified atom stereocenters. The molecule has 0 aliphatic rings. The molecular weight excluding hydrogens is 147 g/mol. The Morgan fingerprint density at radius 2 is 1.91 bits per heavy atom. The zero-order chi connectivity index (χ0) is 8.74. The summed E-state index contributed by atoms with van der Waals surface area (Å²) in [5.74, 6) is 0. The molecule has 0 radical (unpaired) electrons. The third-order valence-corrected chi connectivity index (χ3v) is 1.60. The first-order valence-electron chi connectivity index (χ1n) is 3.70. The Morgan fingerprint density at radius 1 is 1.36 bits per heavy atom. The number of hydrogen-bond acceptors (Lipinski definition) is 2. The maximum absolute atomic E-state index is 13.0. The van der Waals surface area contributed by atoms with E-state index in [1.165, 1.54) is 0 Å². The highest BCUT2D eigenvalue weighted by atomic mass is 19.1. The molecule has 0 aliphatic heterocycles. The van der Waals surface area contributed by atoms with E-state index in [0.29, 0.717) is 12.8 Å². The molecular formula is C8H15FO2. The van der Waals surface area contributed by atoms with Crippen molar-refractivity contribution in [2.24, 2.45) is 0 Å². The van der Waals surface area contributed by atoms with E-state index in [2.05, 4.69) is 6.58 Å². The summed E-state index contributed by atoms with van der Waals surface area (Å²) in [6.45, 7) is 2.26. The third-order valence-electron chi connectivity index (χ3n) is 1.60. The molecule has 2 nitrogen and oxygen atoms in total. The highest BCUT2D eigenvalue weighted by molar-refractivity contribution is 4.78. The maximum Gasteiger partial charge on any atom is 0.156 e. The zero-order valence-electron chi connectivity index (χ0n) is 6.59. The van der Waals surface area contributed by atoms with Gasteiger partial charge in [-0.2, -0.15) is 0 Å². The van der Waals surface area contributed by atoms with Crippen molar-refractivity contribution < 1.29 is 14.6 Å². The molecule has 0 aromatic carbocycles. The largest absolute Gasteiger partial charge is 0.393 e. The van der Waals surface area contributed by atoms with Crippen molar-refractivity contribution in [3.8, 4) is 0 Å². The lowest BCUT2D eigenvalue weighted by atomic mass is 10.0. The van der Waals surface area contributed by atoms with E-state index in [0.717, 1.165) is 0 Å². The third kappa shape index (κ3) is 4.11. The fraction of sp³-hybridized carbons (Fsp3) is 0.750. The summed E-state index contributed by atoms with van der Waals surface area (Å²) >= 11 is 0. The van der Waals surface area contributed by atoms with E-state index in [1.54, 1.807) is 6.08 Å². The number of hydrogen-bond donors (Lipinski definition) is 2. The van der Waals surface area contributed by atoms with Gasteiger partial charge >= 0.3 is 0 Å². The van der Waals surface area contributed by atoms with Gasteiger partial charge in [-0.25, -0.2) is 4.39 Å². The van der Waals surface area contributed by atoms with Crippen LogP contribution in [0.3, 0.4) is 0 Å². The first-order valence-corrected chi connectivity index (χ1v) is 3.70. The van der Waals surface area contributed by atoms with Crippen molar-refractivity contribution in [1.29, 1.82) is 0 Å². The summed E-state index contributed by atoms with van der Waals surface area (Å²) in [5.41, 5.74) is -1.80. The molecule has 0 aromatic heterocycles. The first-order chi connectivity index (χ1) is 5.18. The van der Waals surface area contributed by atoms with Crippen LogP contribution in [0.4, 0.5) is 4.39 Å². The SMILES string of the molecule is C=CCCCC(F)(CO)CO. The molecule has 0 heterocycles. The van der Waals surface area contributed by atoms with Crippen molar-refractivity contribution in [3.63, 3.8) is 0 Å². The van der Waals surface area contributed by atoms with Gasteiger partial charge in [-0.1, -0.05) is 6.08 Å². The highest BCUT2D eigenvalue weighted by Gasteiger charge is 2.26. The second-order valence-electron chi connectivity index (χ2n) is 2.65. The molecule has 0 saturated heterocycles. The predicted octanol–water partition coefficient (Wildman–Crippen LogP) is 1.04. The van der Waals surface area contributed by atoms with E-state index in [-0.39, 0.29) is 6.42 Å². The van der Waals surface area contributed by atoms with E-state index < -0.39 is 18.9 Å². The molecule has 0 amide bonds. The first kappa shape index (κ1) is 10.6. The molecule has 11 heavy (non-hydrogen) atoms. The molecule has 0 aromatic rings. The van der Waals surface area contributed by atoms with Crippen molar-refractivity contribution in [2.45, 2.75) is 24.9 Å². The smallest absolute Gasteiger partial charge is 0.156 e. The van der Waals surface area contributed by atoms with Crippen LogP contribution in [0.1, 0.15) is 19.3 Å². The molecule has 0 saturated carbocycles. The summed E-state index contributed by atoms with van der Waals surface area (Å²) in [6, 6.07) is 0. The molecule has 0 bridgehead atoms. The normalized spacial score (nSPS) is 11.5. The average molecular weight is 162 g/mol. The fourth-order valence-corrected chi connectivity index (χ4v) is 0.771. The molecule has 0 rings (SSSR count). The van der Waals surface area contributed by atoms with Gasteiger partial charge in [-0.3, -0.25) is 0 Å². The van der Waals surface area contributed by atoms with Crippen LogP contribution >= 0.6 is 0 Å². The second-order valence-corrected chi connectivity index (χ2v) is 2.65. The minimum atomic E-state index is -1.80. The van der Waals surface area contributed by atoms with Crippen molar-refractivity contribution >= 4 is 0 Å². The molecule has 0 fully saturated rings. The van der Waals surface area contributed by atoms with Crippen molar-refractivity contribution in [2.75, 3.05) is 13.2 Å². The standard InChI is InChI=1S/C8H15FO2/c1-2-3-4-5-8(9,6-10)7-11/h2,10-11H,1,3-7H2. The van der Waals surface area contributed by atoms with Crippen LogP contribution in [0.2, 0.25) is 0 Å². The van der Waals surface area contributed by atoms with Gasteiger partial charge in [-0.05, 0) is 19.3 Å². The van der Waals surface area contributed by atoms with Gasteiger partial charge < -0.3 is 10.2 Å². The molecule has 0 atom stereocenters. The fourth-order valence-electron chi connectivity index (χ4n) is 0.771. The van der Waals surface area contributed by atoms with Crippen molar-refractivity contribution in [1.82, 2.24) is 0 Å². The van der Waals surface area contributed by atoms with Gasteiger partial charge in [-0.15, -0.1) is 6.58 Å². The molecule has 3 heteroatoms. The number of halogens is 1. The maximum atomic E-state index is 13.0. The molecule has 2 N–H and O–H groups in total. The minimum absolute atomic E-state index is 0.187. The minimum Gasteiger partial charge on any atom is -0.393 e. The van der Waals surface area contributed by atoms with Crippen LogP contribution in [-0.2, 0) is 0 Å². The number of aliphatic hydroxyl groups is 2. The Kier molecular flexibility index (Phi) is 5.07. The summed E-state index contributed by atoms with van der Waals surface area (Å²) < 4.78 is 13.0. The van der Waals surface area contributed by atoms with Crippen LogP contribution in [0.25, 0.3) is 0 Å². The lowest BCUT2D eigenvalue weighted by molar-refractivity contribution is 0.00851. The Labute approximate surface area is 66.4 Å². The van der Waals surface area contributed by atoms with E-state index in [9.17, 15) is 4.39 Å². The number of aliphatic hydroxyl groups excluding tert-OH is 2. The van der Waals surface area contributed by atoms with E-state index >= 15 is 0 Å². The van der Waals surface area contributed by atoms with E-state index in [1.807, 2.05) is 0 Å². The van der Waals surface area contributed by atoms with Gasteiger partial charge in [0, 0.05) is 0 Å². The van der Waals surface area contributed by atoms with Crippen LogP contribution < -0.4 is 0 Å². The number of rotatable bonds is 6. The lowest BCUT2D eigenvalue weighted by Crippen LogP contribution is -2.32. The van der Waals surface area contributed by atoms with Gasteiger partial charge in [0.1, 0.15) is 0 Å². The topological polar surface area (TPSA) is 40.5 Å². The van der Waals surface area contributed by atoms with Gasteiger partial charge in [0.15, 0.2) is 5.67 Å². The van der Waals surface area contributed by atoms with E-state index in [4.69, 9.17) is 10.2 Å². The average Bonchev–Trinajstić information content (AvgIpc) is 2.05. The number of allylic oxidation sites excluding steroid dienone is 1. The Bertz CT molecular complexity index is 111. The highest BCUT2D eigenvalue weighted by Crippen LogP contribution is 2.17. The predicted molar refractivity (Wildman–Crippen MR) is 42.1 cm³/mol. The van der Waals surface area contributed by atoms with Gasteiger partial charge in [0.25, 0.3) is 0 Å². The number of alkyl halides is 1. The zero-order valence-corrected chi connectivity index (χ0v) is 6.59. The van der Waals surface area contributed by atoms with Crippen LogP contribution in [0, 0.1) is 0 Å². The number of unbranched alkanes of at least 4 members (excludes halogenated alkanes) is 1. The summed E-state index contributed by atoms with van der Waals surface area (Å²) in [6.07, 6.45) is 3.20. The van der Waals surface area contributed by atoms with Gasteiger partial charge in [0.05, 0.1) is 13.2 Å². The van der Waals surface area contributed by atoms with Crippen LogP contribution in [-0.4, -0.2) is 29.1 Å². The summed E-state index contributed by atoms with van der Waals surface area (Å²) in [4.78, 5) is 0. The Hall–Kier alpha value is -0.410.